The molecule has 1 fully saturated rings. The Morgan fingerprint density at radius 2 is 2.40 bits per heavy atom. The summed E-state index contributed by atoms with van der Waals surface area (Å²) in [6.45, 7) is 1.55. The third-order valence-corrected chi connectivity index (χ3v) is 4.18. The Kier molecular flexibility index (Phi) is 7.80. The number of halogens is 1. The number of nitrogens with one attached hydrogen (secondary N) is 2. The van der Waals surface area contributed by atoms with Gasteiger partial charge in [-0.05, 0) is 17.7 Å². The van der Waals surface area contributed by atoms with Crippen molar-refractivity contribution in [3.8, 4) is 5.75 Å². The zero-order valence-electron chi connectivity index (χ0n) is 11.6. The van der Waals surface area contributed by atoms with E-state index in [9.17, 15) is 4.79 Å². The summed E-state index contributed by atoms with van der Waals surface area (Å²) in [6, 6.07) is 8.06. The molecule has 112 valence electrons. The van der Waals surface area contributed by atoms with Crippen LogP contribution in [-0.4, -0.2) is 37.1 Å². The van der Waals surface area contributed by atoms with Gasteiger partial charge in [0.2, 0.25) is 5.91 Å². The number of benzene rings is 1. The van der Waals surface area contributed by atoms with Crippen LogP contribution in [0.2, 0.25) is 0 Å². The quantitative estimate of drug-likeness (QED) is 0.870. The molecule has 0 spiro atoms. The maximum Gasteiger partial charge on any atom is 0.221 e. The number of thioether (sulfide) groups is 1. The molecule has 1 aliphatic rings. The molecule has 0 bridgehead atoms. The molecule has 1 aromatic carbocycles. The summed E-state index contributed by atoms with van der Waals surface area (Å²) in [5.41, 5.74) is 1.05. The Labute approximate surface area is 130 Å². The van der Waals surface area contributed by atoms with Crippen LogP contribution in [0.15, 0.2) is 24.3 Å². The predicted octanol–water partition coefficient (Wildman–Crippen LogP) is 1.83. The zero-order valence-corrected chi connectivity index (χ0v) is 13.2. The highest BCUT2D eigenvalue weighted by atomic mass is 35.5. The normalized spacial score (nSPS) is 17.9. The largest absolute Gasteiger partial charge is 0.497 e. The van der Waals surface area contributed by atoms with Crippen LogP contribution in [0.4, 0.5) is 0 Å². The SMILES string of the molecule is COc1cccc(CNC(=O)CC2CSCCN2)c1.Cl. The zero-order chi connectivity index (χ0) is 13.5. The summed E-state index contributed by atoms with van der Waals surface area (Å²) in [7, 11) is 1.64. The average molecular weight is 317 g/mol. The summed E-state index contributed by atoms with van der Waals surface area (Å²) in [4.78, 5) is 11.8. The smallest absolute Gasteiger partial charge is 0.221 e. The van der Waals surface area contributed by atoms with E-state index in [2.05, 4.69) is 10.6 Å². The van der Waals surface area contributed by atoms with Crippen LogP contribution < -0.4 is 15.4 Å². The second kappa shape index (κ2) is 9.10. The van der Waals surface area contributed by atoms with Crippen molar-refractivity contribution in [1.82, 2.24) is 10.6 Å². The third-order valence-electron chi connectivity index (χ3n) is 3.05. The lowest BCUT2D eigenvalue weighted by Gasteiger charge is -2.22. The standard InChI is InChI=1S/C14H20N2O2S.ClH/c1-18-13-4-2-3-11(7-13)9-16-14(17)8-12-10-19-6-5-15-12;/h2-4,7,12,15H,5-6,8-10H2,1H3,(H,16,17);1H. The van der Waals surface area contributed by atoms with E-state index in [4.69, 9.17) is 4.74 Å². The van der Waals surface area contributed by atoms with Crippen molar-refractivity contribution in [2.75, 3.05) is 25.2 Å². The van der Waals surface area contributed by atoms with E-state index in [1.165, 1.54) is 0 Å². The van der Waals surface area contributed by atoms with Gasteiger partial charge in [0.05, 0.1) is 7.11 Å². The van der Waals surface area contributed by atoms with Crippen molar-refractivity contribution in [2.24, 2.45) is 0 Å². The summed E-state index contributed by atoms with van der Waals surface area (Å²) < 4.78 is 5.16. The molecule has 1 amide bonds. The Hall–Kier alpha value is -0.910. The van der Waals surface area contributed by atoms with Crippen molar-refractivity contribution >= 4 is 30.1 Å². The van der Waals surface area contributed by atoms with Gasteiger partial charge in [-0.25, -0.2) is 0 Å². The van der Waals surface area contributed by atoms with Gasteiger partial charge in [-0.3, -0.25) is 4.79 Å². The molecule has 1 atom stereocenters. The number of carbonyl (C=O) groups excluding carboxylic acids is 1. The third kappa shape index (κ3) is 5.61. The van der Waals surface area contributed by atoms with Crippen molar-refractivity contribution in [2.45, 2.75) is 19.0 Å². The minimum atomic E-state index is 0. The highest BCUT2D eigenvalue weighted by molar-refractivity contribution is 7.99. The van der Waals surface area contributed by atoms with Crippen LogP contribution in [0.1, 0.15) is 12.0 Å². The number of hydrogen-bond acceptors (Lipinski definition) is 4. The molecule has 0 radical (unpaired) electrons. The fourth-order valence-corrected chi connectivity index (χ4v) is 2.98. The fourth-order valence-electron chi connectivity index (χ4n) is 2.03. The molecule has 0 aliphatic carbocycles. The Bertz CT molecular complexity index is 425. The Morgan fingerprint density at radius 3 is 3.10 bits per heavy atom. The minimum Gasteiger partial charge on any atom is -0.497 e. The van der Waals surface area contributed by atoms with E-state index < -0.39 is 0 Å². The van der Waals surface area contributed by atoms with Crippen molar-refractivity contribution in [3.63, 3.8) is 0 Å². The Morgan fingerprint density at radius 1 is 1.55 bits per heavy atom. The second-order valence-electron chi connectivity index (χ2n) is 4.56. The first-order chi connectivity index (χ1) is 9.28. The molecule has 20 heavy (non-hydrogen) atoms. The van der Waals surface area contributed by atoms with Crippen molar-refractivity contribution in [1.29, 1.82) is 0 Å². The summed E-state index contributed by atoms with van der Waals surface area (Å²) >= 11 is 1.91. The summed E-state index contributed by atoms with van der Waals surface area (Å²) in [5, 5.41) is 6.32. The van der Waals surface area contributed by atoms with Crippen LogP contribution in [0, 0.1) is 0 Å². The van der Waals surface area contributed by atoms with Crippen LogP contribution in [0.5, 0.6) is 5.75 Å². The molecule has 6 heteroatoms. The number of methoxy groups -OCH3 is 1. The van der Waals surface area contributed by atoms with Crippen LogP contribution in [0.3, 0.4) is 0 Å². The van der Waals surface area contributed by atoms with Gasteiger partial charge >= 0.3 is 0 Å². The predicted molar refractivity (Wildman–Crippen MR) is 85.8 cm³/mol. The summed E-state index contributed by atoms with van der Waals surface area (Å²) in [5.74, 6) is 3.08. The molecule has 1 unspecified atom stereocenters. The lowest BCUT2D eigenvalue weighted by atomic mass is 10.2. The first-order valence-corrected chi connectivity index (χ1v) is 7.64. The van der Waals surface area contributed by atoms with Gasteiger partial charge in [-0.15, -0.1) is 12.4 Å². The van der Waals surface area contributed by atoms with Gasteiger partial charge in [0, 0.05) is 37.1 Å². The molecule has 1 heterocycles. The molecule has 1 saturated heterocycles. The molecular weight excluding hydrogens is 296 g/mol. The molecule has 4 nitrogen and oxygen atoms in total. The average Bonchev–Trinajstić information content (AvgIpc) is 2.46. The molecular formula is C14H21ClN2O2S. The van der Waals surface area contributed by atoms with Crippen LogP contribution >= 0.6 is 24.2 Å². The molecule has 2 rings (SSSR count). The van der Waals surface area contributed by atoms with E-state index in [1.807, 2.05) is 36.0 Å². The monoisotopic (exact) mass is 316 g/mol. The number of amides is 1. The lowest BCUT2D eigenvalue weighted by Crippen LogP contribution is -2.41. The van der Waals surface area contributed by atoms with E-state index in [1.54, 1.807) is 7.11 Å². The Balaban J connectivity index is 0.00000200. The van der Waals surface area contributed by atoms with Gasteiger partial charge < -0.3 is 15.4 Å². The van der Waals surface area contributed by atoms with Gasteiger partial charge in [-0.2, -0.15) is 11.8 Å². The van der Waals surface area contributed by atoms with Gasteiger partial charge in [0.25, 0.3) is 0 Å². The van der Waals surface area contributed by atoms with Crippen molar-refractivity contribution in [3.05, 3.63) is 29.8 Å². The lowest BCUT2D eigenvalue weighted by molar-refractivity contribution is -0.121. The number of ether oxygens (including phenoxy) is 1. The maximum atomic E-state index is 11.8. The van der Waals surface area contributed by atoms with Crippen molar-refractivity contribution < 1.29 is 9.53 Å². The number of hydrogen-bond donors (Lipinski definition) is 2. The van der Waals surface area contributed by atoms with E-state index in [0.29, 0.717) is 19.0 Å². The number of carbonyl (C=O) groups is 1. The highest BCUT2D eigenvalue weighted by Gasteiger charge is 2.16. The minimum absolute atomic E-state index is 0. The van der Waals surface area contributed by atoms with E-state index in [-0.39, 0.29) is 18.3 Å². The highest BCUT2D eigenvalue weighted by Crippen LogP contribution is 2.13. The topological polar surface area (TPSA) is 50.4 Å². The molecule has 0 saturated carbocycles. The fraction of sp³-hybridized carbons (Fsp3) is 0.500. The number of rotatable bonds is 5. The summed E-state index contributed by atoms with van der Waals surface area (Å²) in [6.07, 6.45) is 0.553. The first-order valence-electron chi connectivity index (χ1n) is 6.48. The molecule has 0 aromatic heterocycles. The molecule has 2 N–H and O–H groups in total. The second-order valence-corrected chi connectivity index (χ2v) is 5.71. The van der Waals surface area contributed by atoms with Gasteiger partial charge in [0.15, 0.2) is 0 Å². The van der Waals surface area contributed by atoms with E-state index >= 15 is 0 Å². The maximum absolute atomic E-state index is 11.8. The van der Waals surface area contributed by atoms with E-state index in [0.717, 1.165) is 29.4 Å². The van der Waals surface area contributed by atoms with Gasteiger partial charge in [0.1, 0.15) is 5.75 Å². The molecule has 1 aliphatic heterocycles. The van der Waals surface area contributed by atoms with Crippen LogP contribution in [0.25, 0.3) is 0 Å². The molecule has 1 aromatic rings. The van der Waals surface area contributed by atoms with Gasteiger partial charge in [-0.1, -0.05) is 12.1 Å². The first kappa shape index (κ1) is 17.1. The van der Waals surface area contributed by atoms with Crippen LogP contribution in [-0.2, 0) is 11.3 Å².